The van der Waals surface area contributed by atoms with Gasteiger partial charge < -0.3 is 0 Å². The van der Waals surface area contributed by atoms with E-state index in [1.807, 2.05) is 0 Å². The number of benzene rings is 1. The average molecular weight is 340 g/mol. The summed E-state index contributed by atoms with van der Waals surface area (Å²) in [5.74, 6) is 0. The third kappa shape index (κ3) is 2.23. The van der Waals surface area contributed by atoms with Gasteiger partial charge in [-0.25, -0.2) is 4.63 Å². The number of rotatable bonds is 2. The lowest BCUT2D eigenvalue weighted by atomic mass is 9.94. The van der Waals surface area contributed by atoms with E-state index in [1.54, 1.807) is 22.7 Å². The van der Waals surface area contributed by atoms with Crippen LogP contribution in [0.2, 0.25) is 0 Å². The lowest BCUT2D eigenvalue weighted by Gasteiger charge is -2.12. The number of aryl methyl sites for hydroxylation is 2. The second kappa shape index (κ2) is 5.28. The highest BCUT2D eigenvalue weighted by Crippen LogP contribution is 2.43. The van der Waals surface area contributed by atoms with Crippen molar-refractivity contribution in [3.05, 3.63) is 45.1 Å². The zero-order valence-electron chi connectivity index (χ0n) is 13.4. The lowest BCUT2D eigenvalue weighted by molar-refractivity contribution is 0.315. The van der Waals surface area contributed by atoms with Crippen molar-refractivity contribution in [2.45, 2.75) is 27.7 Å². The summed E-state index contributed by atoms with van der Waals surface area (Å²) in [6.07, 6.45) is 0. The molecular weight excluding hydrogens is 324 g/mol. The lowest BCUT2D eigenvalue weighted by Crippen LogP contribution is -1.93. The molecule has 4 aromatic rings. The highest BCUT2D eigenvalue weighted by atomic mass is 32.1. The molecule has 1 aromatic carbocycles. The molecule has 0 unspecified atom stereocenters. The van der Waals surface area contributed by atoms with Crippen LogP contribution in [-0.4, -0.2) is 10.3 Å². The van der Waals surface area contributed by atoms with Gasteiger partial charge in [0.05, 0.1) is 0 Å². The van der Waals surface area contributed by atoms with Gasteiger partial charge in [0.2, 0.25) is 0 Å². The van der Waals surface area contributed by atoms with Gasteiger partial charge in [-0.1, -0.05) is 0 Å². The molecule has 0 saturated heterocycles. The van der Waals surface area contributed by atoms with Gasteiger partial charge in [0.25, 0.3) is 0 Å². The van der Waals surface area contributed by atoms with Gasteiger partial charge in [-0.05, 0) is 73.4 Å². The Hall–Kier alpha value is -1.98. The highest BCUT2D eigenvalue weighted by molar-refractivity contribution is 7.16. The first-order valence-electron chi connectivity index (χ1n) is 7.45. The smallest absolute Gasteiger partial charge is 0.144 e. The summed E-state index contributed by atoms with van der Waals surface area (Å²) in [5.41, 5.74) is 6.50. The van der Waals surface area contributed by atoms with E-state index in [0.29, 0.717) is 0 Å². The number of aromatic nitrogens is 2. The van der Waals surface area contributed by atoms with E-state index in [0.717, 1.165) is 22.2 Å². The van der Waals surface area contributed by atoms with Crippen LogP contribution in [0.4, 0.5) is 0 Å². The molecule has 4 rings (SSSR count). The normalized spacial score (nSPS) is 11.5. The van der Waals surface area contributed by atoms with Gasteiger partial charge in [0, 0.05) is 30.6 Å². The Bertz CT molecular complexity index is 943. The first-order valence-corrected chi connectivity index (χ1v) is 9.08. The molecular formula is C18H16N2OS2. The topological polar surface area (TPSA) is 38.9 Å². The Morgan fingerprint density at radius 2 is 1.13 bits per heavy atom. The number of hydrogen-bond acceptors (Lipinski definition) is 5. The standard InChI is InChI=1S/C18H16N2OS2/c1-9-5-7-13(22-9)15-11(3)12(4)16(14-8-6-10(2)23-14)18-17(15)19-21-20-18/h5-8H,1-4H3. The summed E-state index contributed by atoms with van der Waals surface area (Å²) >= 11 is 3.56. The van der Waals surface area contributed by atoms with Crippen LogP contribution in [-0.2, 0) is 0 Å². The largest absolute Gasteiger partial charge is 0.243 e. The Kier molecular flexibility index (Phi) is 3.36. The van der Waals surface area contributed by atoms with E-state index >= 15 is 0 Å². The molecule has 0 bridgehead atoms. The summed E-state index contributed by atoms with van der Waals surface area (Å²) in [6.45, 7) is 8.57. The maximum absolute atomic E-state index is 5.12. The SMILES string of the molecule is Cc1ccc(-c2c(C)c(C)c(-c3ccc(C)s3)c3nonc23)s1. The minimum atomic E-state index is 0.857. The van der Waals surface area contributed by atoms with Crippen LogP contribution in [0.15, 0.2) is 28.9 Å². The molecule has 23 heavy (non-hydrogen) atoms. The van der Waals surface area contributed by atoms with Crippen molar-refractivity contribution in [2.24, 2.45) is 0 Å². The van der Waals surface area contributed by atoms with Gasteiger partial charge in [-0.2, -0.15) is 0 Å². The van der Waals surface area contributed by atoms with E-state index in [1.165, 1.54) is 30.6 Å². The summed E-state index contributed by atoms with van der Waals surface area (Å²) in [6, 6.07) is 8.60. The zero-order valence-corrected chi connectivity index (χ0v) is 15.1. The molecule has 0 radical (unpaired) electrons. The fraction of sp³-hybridized carbons (Fsp3) is 0.222. The zero-order chi connectivity index (χ0) is 16.1. The van der Waals surface area contributed by atoms with Gasteiger partial charge in [0.1, 0.15) is 11.0 Å². The Morgan fingerprint density at radius 1 is 0.696 bits per heavy atom. The fourth-order valence-electron chi connectivity index (χ4n) is 2.99. The molecule has 0 aliphatic heterocycles. The van der Waals surface area contributed by atoms with Crippen molar-refractivity contribution >= 4 is 33.7 Å². The van der Waals surface area contributed by atoms with Crippen molar-refractivity contribution in [3.63, 3.8) is 0 Å². The summed E-state index contributed by atoms with van der Waals surface area (Å²) in [7, 11) is 0. The third-order valence-electron chi connectivity index (χ3n) is 4.25. The van der Waals surface area contributed by atoms with Gasteiger partial charge in [0.15, 0.2) is 0 Å². The van der Waals surface area contributed by atoms with Crippen LogP contribution in [0.1, 0.15) is 20.9 Å². The van der Waals surface area contributed by atoms with Gasteiger partial charge in [-0.3, -0.25) is 0 Å². The first kappa shape index (κ1) is 14.6. The maximum atomic E-state index is 5.12. The fourth-order valence-corrected chi connectivity index (χ4v) is 4.93. The number of hydrogen-bond donors (Lipinski definition) is 0. The van der Waals surface area contributed by atoms with Crippen LogP contribution in [0.25, 0.3) is 31.9 Å². The number of fused-ring (bicyclic) bond motifs is 1. The maximum Gasteiger partial charge on any atom is 0.144 e. The summed E-state index contributed by atoms with van der Waals surface area (Å²) in [4.78, 5) is 5.02. The predicted molar refractivity (Wildman–Crippen MR) is 97.4 cm³/mol. The van der Waals surface area contributed by atoms with E-state index in [4.69, 9.17) is 4.63 Å². The van der Waals surface area contributed by atoms with E-state index in [9.17, 15) is 0 Å². The average Bonchev–Trinajstić information content (AvgIpc) is 3.23. The molecule has 3 nitrogen and oxygen atoms in total. The van der Waals surface area contributed by atoms with Crippen LogP contribution >= 0.6 is 22.7 Å². The molecule has 0 amide bonds. The number of nitrogens with zero attached hydrogens (tertiary/aromatic N) is 2. The van der Waals surface area contributed by atoms with E-state index in [-0.39, 0.29) is 0 Å². The Balaban J connectivity index is 2.09. The second-order valence-corrected chi connectivity index (χ2v) is 8.36. The first-order chi connectivity index (χ1) is 11.1. The molecule has 0 aliphatic carbocycles. The molecule has 0 atom stereocenters. The van der Waals surface area contributed by atoms with Crippen LogP contribution < -0.4 is 0 Å². The van der Waals surface area contributed by atoms with Crippen molar-refractivity contribution < 1.29 is 4.63 Å². The van der Waals surface area contributed by atoms with Crippen molar-refractivity contribution in [2.75, 3.05) is 0 Å². The quantitative estimate of drug-likeness (QED) is 0.455. The molecule has 0 N–H and O–H groups in total. The number of thiophene rings is 2. The molecule has 5 heteroatoms. The van der Waals surface area contributed by atoms with Crippen LogP contribution in [0, 0.1) is 27.7 Å². The molecule has 3 heterocycles. The van der Waals surface area contributed by atoms with Crippen molar-refractivity contribution in [3.8, 4) is 20.9 Å². The second-order valence-electron chi connectivity index (χ2n) is 5.78. The minimum Gasteiger partial charge on any atom is -0.243 e. The molecule has 0 aliphatic rings. The molecule has 0 saturated carbocycles. The summed E-state index contributed by atoms with van der Waals surface area (Å²) in [5, 5.41) is 8.45. The van der Waals surface area contributed by atoms with Gasteiger partial charge >= 0.3 is 0 Å². The predicted octanol–water partition coefficient (Wildman–Crippen LogP) is 5.91. The van der Waals surface area contributed by atoms with Crippen LogP contribution in [0.5, 0.6) is 0 Å². The van der Waals surface area contributed by atoms with Crippen molar-refractivity contribution in [1.29, 1.82) is 0 Å². The third-order valence-corrected chi connectivity index (χ3v) is 6.28. The Labute approximate surface area is 142 Å². The monoisotopic (exact) mass is 340 g/mol. The molecule has 0 spiro atoms. The molecule has 116 valence electrons. The highest BCUT2D eigenvalue weighted by Gasteiger charge is 2.22. The summed E-state index contributed by atoms with van der Waals surface area (Å²) < 4.78 is 5.12. The molecule has 0 fully saturated rings. The van der Waals surface area contributed by atoms with Crippen molar-refractivity contribution in [1.82, 2.24) is 10.3 Å². The molecule has 3 aromatic heterocycles. The van der Waals surface area contributed by atoms with E-state index < -0.39 is 0 Å². The van der Waals surface area contributed by atoms with E-state index in [2.05, 4.69) is 62.3 Å². The minimum absolute atomic E-state index is 0.857. The van der Waals surface area contributed by atoms with Crippen LogP contribution in [0.3, 0.4) is 0 Å². The Morgan fingerprint density at radius 3 is 1.48 bits per heavy atom. The van der Waals surface area contributed by atoms with Gasteiger partial charge in [-0.15, -0.1) is 22.7 Å².